The number of nitrogens with one attached hydrogen (secondary N) is 1. The fourth-order valence-corrected chi connectivity index (χ4v) is 1.95. The van der Waals surface area contributed by atoms with E-state index < -0.39 is 17.5 Å². The minimum Gasteiger partial charge on any atom is -0.474 e. The van der Waals surface area contributed by atoms with E-state index in [1.54, 1.807) is 20.8 Å². The Kier molecular flexibility index (Phi) is 5.18. The Balaban J connectivity index is 1.95. The number of carbonyl (C=O) groups is 1. The first-order valence-electron chi connectivity index (χ1n) is 7.23. The van der Waals surface area contributed by atoms with Crippen LogP contribution in [-0.2, 0) is 9.47 Å². The van der Waals surface area contributed by atoms with Crippen molar-refractivity contribution in [3.05, 3.63) is 18.1 Å². The molecule has 6 nitrogen and oxygen atoms in total. The molecule has 1 saturated heterocycles. The van der Waals surface area contributed by atoms with Gasteiger partial charge < -0.3 is 14.2 Å². The molecule has 2 heterocycles. The number of halogens is 1. The molecule has 22 heavy (non-hydrogen) atoms. The van der Waals surface area contributed by atoms with Crippen LogP contribution in [0.25, 0.3) is 0 Å². The van der Waals surface area contributed by atoms with E-state index in [9.17, 15) is 9.18 Å². The lowest BCUT2D eigenvalue weighted by Gasteiger charge is -2.23. The standard InChI is InChI=1S/C15H21FN2O4/c1-15(2,3)22-14(19)18-12-9-17-13(8-11(12)16)21-10-4-6-20-7-5-10/h8-10H,4-7H2,1-3H3,(H,18,19). The van der Waals surface area contributed by atoms with E-state index in [2.05, 4.69) is 10.3 Å². The zero-order valence-electron chi connectivity index (χ0n) is 13.0. The predicted octanol–water partition coefficient (Wildman–Crippen LogP) is 3.13. The van der Waals surface area contributed by atoms with E-state index in [1.165, 1.54) is 6.20 Å². The van der Waals surface area contributed by atoms with Gasteiger partial charge in [-0.25, -0.2) is 14.2 Å². The molecule has 0 aliphatic carbocycles. The van der Waals surface area contributed by atoms with Gasteiger partial charge in [-0.2, -0.15) is 0 Å². The number of hydrogen-bond acceptors (Lipinski definition) is 5. The van der Waals surface area contributed by atoms with Gasteiger partial charge in [-0.3, -0.25) is 5.32 Å². The van der Waals surface area contributed by atoms with Crippen LogP contribution in [-0.4, -0.2) is 36.0 Å². The largest absolute Gasteiger partial charge is 0.474 e. The summed E-state index contributed by atoms with van der Waals surface area (Å²) in [6.45, 7) is 6.45. The molecule has 1 amide bonds. The van der Waals surface area contributed by atoms with E-state index in [0.29, 0.717) is 13.2 Å². The van der Waals surface area contributed by atoms with Gasteiger partial charge in [0.05, 0.1) is 25.1 Å². The van der Waals surface area contributed by atoms with Gasteiger partial charge in [0, 0.05) is 18.9 Å². The summed E-state index contributed by atoms with van der Waals surface area (Å²) in [5.41, 5.74) is -0.700. The fourth-order valence-electron chi connectivity index (χ4n) is 1.95. The maximum Gasteiger partial charge on any atom is 0.412 e. The topological polar surface area (TPSA) is 69.7 Å². The zero-order valence-corrected chi connectivity index (χ0v) is 13.0. The van der Waals surface area contributed by atoms with Crippen molar-refractivity contribution in [3.8, 4) is 5.88 Å². The minimum absolute atomic E-state index is 0.0229. The van der Waals surface area contributed by atoms with Crippen LogP contribution >= 0.6 is 0 Å². The highest BCUT2D eigenvalue weighted by Crippen LogP contribution is 2.21. The van der Waals surface area contributed by atoms with Crippen molar-refractivity contribution >= 4 is 11.8 Å². The third kappa shape index (κ3) is 5.14. The second kappa shape index (κ2) is 6.91. The molecule has 122 valence electrons. The van der Waals surface area contributed by atoms with Gasteiger partial charge in [0.15, 0.2) is 5.82 Å². The Labute approximate surface area is 129 Å². The molecule has 1 aromatic heterocycles. The minimum atomic E-state index is -0.730. The summed E-state index contributed by atoms with van der Waals surface area (Å²) in [7, 11) is 0. The van der Waals surface area contributed by atoms with E-state index in [-0.39, 0.29) is 17.7 Å². The van der Waals surface area contributed by atoms with Crippen molar-refractivity contribution in [1.82, 2.24) is 4.98 Å². The van der Waals surface area contributed by atoms with E-state index in [4.69, 9.17) is 14.2 Å². The number of pyridine rings is 1. The summed E-state index contributed by atoms with van der Waals surface area (Å²) in [5.74, 6) is -0.429. The molecule has 1 aliphatic heterocycles. The number of amides is 1. The lowest BCUT2D eigenvalue weighted by Crippen LogP contribution is -2.28. The smallest absolute Gasteiger partial charge is 0.412 e. The van der Waals surface area contributed by atoms with Crippen molar-refractivity contribution in [1.29, 1.82) is 0 Å². The van der Waals surface area contributed by atoms with Gasteiger partial charge in [0.1, 0.15) is 11.7 Å². The van der Waals surface area contributed by atoms with Crippen LogP contribution in [0, 0.1) is 5.82 Å². The first-order chi connectivity index (χ1) is 10.3. The monoisotopic (exact) mass is 312 g/mol. The van der Waals surface area contributed by atoms with Crippen LogP contribution in [0.1, 0.15) is 33.6 Å². The van der Waals surface area contributed by atoms with Crippen molar-refractivity contribution in [3.63, 3.8) is 0 Å². The molecule has 0 spiro atoms. The number of anilines is 1. The second-order valence-corrected chi connectivity index (χ2v) is 6.06. The normalized spacial score (nSPS) is 16.2. The first kappa shape index (κ1) is 16.5. The SMILES string of the molecule is CC(C)(C)OC(=O)Nc1cnc(OC2CCOCC2)cc1F. The molecule has 1 aliphatic rings. The van der Waals surface area contributed by atoms with Crippen LogP contribution < -0.4 is 10.1 Å². The average molecular weight is 312 g/mol. The lowest BCUT2D eigenvalue weighted by molar-refractivity contribution is 0.0236. The summed E-state index contributed by atoms with van der Waals surface area (Å²) in [6, 6.07) is 1.15. The van der Waals surface area contributed by atoms with Gasteiger partial charge in [0.25, 0.3) is 0 Å². The van der Waals surface area contributed by atoms with Crippen LogP contribution in [0.3, 0.4) is 0 Å². The molecule has 0 aromatic carbocycles. The van der Waals surface area contributed by atoms with Gasteiger partial charge in [-0.15, -0.1) is 0 Å². The van der Waals surface area contributed by atoms with Crippen LogP contribution in [0.2, 0.25) is 0 Å². The molecule has 1 aromatic rings. The lowest BCUT2D eigenvalue weighted by atomic mass is 10.1. The highest BCUT2D eigenvalue weighted by molar-refractivity contribution is 5.84. The Morgan fingerprint density at radius 3 is 2.68 bits per heavy atom. The maximum atomic E-state index is 14.0. The average Bonchev–Trinajstić information content (AvgIpc) is 2.41. The molecule has 0 radical (unpaired) electrons. The summed E-state index contributed by atoms with van der Waals surface area (Å²) in [4.78, 5) is 15.6. The van der Waals surface area contributed by atoms with Crippen molar-refractivity contribution in [2.45, 2.75) is 45.3 Å². The molecule has 2 rings (SSSR count). The zero-order chi connectivity index (χ0) is 16.2. The summed E-state index contributed by atoms with van der Waals surface area (Å²) in [5, 5.41) is 2.32. The van der Waals surface area contributed by atoms with Crippen LogP contribution in [0.5, 0.6) is 5.88 Å². The third-order valence-corrected chi connectivity index (χ3v) is 2.92. The first-order valence-corrected chi connectivity index (χ1v) is 7.23. The van der Waals surface area contributed by atoms with E-state index in [0.717, 1.165) is 18.9 Å². The highest BCUT2D eigenvalue weighted by Gasteiger charge is 2.19. The number of nitrogens with zero attached hydrogens (tertiary/aromatic N) is 1. The second-order valence-electron chi connectivity index (χ2n) is 6.06. The molecule has 7 heteroatoms. The van der Waals surface area contributed by atoms with E-state index in [1.807, 2.05) is 0 Å². The van der Waals surface area contributed by atoms with Crippen molar-refractivity contribution < 1.29 is 23.4 Å². The maximum absolute atomic E-state index is 14.0. The van der Waals surface area contributed by atoms with Gasteiger partial charge in [-0.1, -0.05) is 0 Å². The van der Waals surface area contributed by atoms with Crippen LogP contribution in [0.4, 0.5) is 14.9 Å². The van der Waals surface area contributed by atoms with E-state index >= 15 is 0 Å². The number of ether oxygens (including phenoxy) is 3. The van der Waals surface area contributed by atoms with Gasteiger partial charge in [-0.05, 0) is 20.8 Å². The van der Waals surface area contributed by atoms with Crippen LogP contribution in [0.15, 0.2) is 12.3 Å². The van der Waals surface area contributed by atoms with Gasteiger partial charge >= 0.3 is 6.09 Å². The summed E-state index contributed by atoms with van der Waals surface area (Å²) >= 11 is 0. The molecule has 0 unspecified atom stereocenters. The molecule has 0 atom stereocenters. The molecule has 1 fully saturated rings. The predicted molar refractivity (Wildman–Crippen MR) is 78.5 cm³/mol. The van der Waals surface area contributed by atoms with Crippen molar-refractivity contribution in [2.75, 3.05) is 18.5 Å². The quantitative estimate of drug-likeness (QED) is 0.928. The van der Waals surface area contributed by atoms with Crippen molar-refractivity contribution in [2.24, 2.45) is 0 Å². The fraction of sp³-hybridized carbons (Fsp3) is 0.600. The summed E-state index contributed by atoms with van der Waals surface area (Å²) < 4.78 is 29.9. The molecular formula is C15H21FN2O4. The Morgan fingerprint density at radius 1 is 1.41 bits per heavy atom. The number of hydrogen-bond donors (Lipinski definition) is 1. The number of aromatic nitrogens is 1. The Bertz CT molecular complexity index is 525. The summed E-state index contributed by atoms with van der Waals surface area (Å²) in [6.07, 6.45) is 1.97. The third-order valence-electron chi connectivity index (χ3n) is 2.92. The Hall–Kier alpha value is -1.89. The molecular weight excluding hydrogens is 291 g/mol. The Morgan fingerprint density at radius 2 is 2.09 bits per heavy atom. The number of carbonyl (C=O) groups excluding carboxylic acids is 1. The highest BCUT2D eigenvalue weighted by atomic mass is 19.1. The number of rotatable bonds is 3. The van der Waals surface area contributed by atoms with Gasteiger partial charge in [0.2, 0.25) is 5.88 Å². The molecule has 1 N–H and O–H groups in total. The molecule has 0 bridgehead atoms. The molecule has 0 saturated carbocycles.